The van der Waals surface area contributed by atoms with E-state index in [2.05, 4.69) is 40.4 Å². The molecule has 0 aliphatic carbocycles. The minimum absolute atomic E-state index is 0.0875. The van der Waals surface area contributed by atoms with E-state index in [1.165, 1.54) is 11.1 Å². The van der Waals surface area contributed by atoms with Crippen molar-refractivity contribution in [2.75, 3.05) is 11.9 Å². The van der Waals surface area contributed by atoms with Crippen molar-refractivity contribution in [1.29, 1.82) is 0 Å². The summed E-state index contributed by atoms with van der Waals surface area (Å²) in [5.74, 6) is 1.15. The number of amides is 1. The molecule has 0 aliphatic rings. The highest BCUT2D eigenvalue weighted by Gasteiger charge is 2.17. The maximum atomic E-state index is 13.0. The van der Waals surface area contributed by atoms with E-state index in [4.69, 9.17) is 0 Å². The molecule has 1 amide bonds. The number of hydrogen-bond donors (Lipinski definition) is 1. The minimum Gasteiger partial charge on any atom is -0.366 e. The molecule has 5 heteroatoms. The molecule has 0 atom stereocenters. The number of carbonyl (C=O) groups excluding carboxylic acids is 1. The monoisotopic (exact) mass is 374 g/mol. The minimum atomic E-state index is -0.0875. The summed E-state index contributed by atoms with van der Waals surface area (Å²) in [5.41, 5.74) is 3.90. The van der Waals surface area contributed by atoms with Crippen molar-refractivity contribution in [3.8, 4) is 0 Å². The van der Waals surface area contributed by atoms with E-state index in [0.717, 1.165) is 5.56 Å². The normalized spacial score (nSPS) is 10.5. The summed E-state index contributed by atoms with van der Waals surface area (Å²) in [5, 5.41) is 3.31. The standard InChI is InChI=1S/C23H26N4O/c1-4-27(16-19-10-6-5-7-11-19)23(28)21-14-22(26-18(3)25-21)24-15-20-12-8-9-17(2)13-20/h5-14H,4,15-16H2,1-3H3,(H,24,25,26). The number of benzene rings is 2. The third-order valence-electron chi connectivity index (χ3n) is 4.50. The maximum Gasteiger partial charge on any atom is 0.272 e. The Labute approximate surface area is 166 Å². The Morgan fingerprint density at radius 1 is 0.964 bits per heavy atom. The highest BCUT2D eigenvalue weighted by molar-refractivity contribution is 5.93. The first-order valence-electron chi connectivity index (χ1n) is 9.53. The number of nitrogens with zero attached hydrogens (tertiary/aromatic N) is 3. The number of anilines is 1. The quantitative estimate of drug-likeness (QED) is 0.667. The van der Waals surface area contributed by atoms with Crippen molar-refractivity contribution in [2.45, 2.75) is 33.9 Å². The average Bonchev–Trinajstić information content (AvgIpc) is 2.70. The first-order valence-corrected chi connectivity index (χ1v) is 9.53. The van der Waals surface area contributed by atoms with Crippen LogP contribution in [0.1, 0.15) is 39.9 Å². The SMILES string of the molecule is CCN(Cc1ccccc1)C(=O)c1cc(NCc2cccc(C)c2)nc(C)n1. The second-order valence-corrected chi connectivity index (χ2v) is 6.83. The molecule has 2 aromatic carbocycles. The summed E-state index contributed by atoms with van der Waals surface area (Å²) in [4.78, 5) is 23.6. The van der Waals surface area contributed by atoms with Crippen LogP contribution in [-0.2, 0) is 13.1 Å². The topological polar surface area (TPSA) is 58.1 Å². The molecule has 1 aromatic heterocycles. The number of carbonyl (C=O) groups is 1. The number of hydrogen-bond acceptors (Lipinski definition) is 4. The molecule has 28 heavy (non-hydrogen) atoms. The summed E-state index contributed by atoms with van der Waals surface area (Å²) in [6.45, 7) is 7.68. The Kier molecular flexibility index (Phi) is 6.37. The second-order valence-electron chi connectivity index (χ2n) is 6.83. The van der Waals surface area contributed by atoms with Crippen LogP contribution in [0.3, 0.4) is 0 Å². The molecule has 0 aliphatic heterocycles. The zero-order valence-electron chi connectivity index (χ0n) is 16.6. The van der Waals surface area contributed by atoms with Gasteiger partial charge in [-0.15, -0.1) is 0 Å². The molecule has 3 aromatic rings. The van der Waals surface area contributed by atoms with E-state index >= 15 is 0 Å². The predicted octanol–water partition coefficient (Wildman–Crippen LogP) is 4.37. The predicted molar refractivity (Wildman–Crippen MR) is 112 cm³/mol. The van der Waals surface area contributed by atoms with Gasteiger partial charge in [0.1, 0.15) is 17.3 Å². The summed E-state index contributed by atoms with van der Waals surface area (Å²) in [6, 6.07) is 20.0. The van der Waals surface area contributed by atoms with Gasteiger partial charge in [-0.05, 0) is 31.9 Å². The van der Waals surface area contributed by atoms with Crippen molar-refractivity contribution >= 4 is 11.7 Å². The van der Waals surface area contributed by atoms with Gasteiger partial charge in [0, 0.05) is 25.7 Å². The Balaban J connectivity index is 1.74. The van der Waals surface area contributed by atoms with Crippen LogP contribution in [-0.4, -0.2) is 27.3 Å². The molecule has 1 N–H and O–H groups in total. The third kappa shape index (κ3) is 5.16. The van der Waals surface area contributed by atoms with Gasteiger partial charge in [0.15, 0.2) is 0 Å². The lowest BCUT2D eigenvalue weighted by molar-refractivity contribution is 0.0746. The fourth-order valence-electron chi connectivity index (χ4n) is 3.08. The lowest BCUT2D eigenvalue weighted by Gasteiger charge is -2.21. The van der Waals surface area contributed by atoms with Crippen LogP contribution in [0, 0.1) is 13.8 Å². The zero-order valence-corrected chi connectivity index (χ0v) is 16.6. The highest BCUT2D eigenvalue weighted by Crippen LogP contribution is 2.14. The van der Waals surface area contributed by atoms with Crippen molar-refractivity contribution < 1.29 is 4.79 Å². The fourth-order valence-corrected chi connectivity index (χ4v) is 3.08. The van der Waals surface area contributed by atoms with Gasteiger partial charge in [-0.1, -0.05) is 60.2 Å². The third-order valence-corrected chi connectivity index (χ3v) is 4.50. The van der Waals surface area contributed by atoms with Gasteiger partial charge in [0.05, 0.1) is 0 Å². The van der Waals surface area contributed by atoms with E-state index in [-0.39, 0.29) is 5.91 Å². The summed E-state index contributed by atoms with van der Waals surface area (Å²) in [6.07, 6.45) is 0. The van der Waals surface area contributed by atoms with Crippen LogP contribution < -0.4 is 5.32 Å². The Morgan fingerprint density at radius 3 is 2.43 bits per heavy atom. The zero-order chi connectivity index (χ0) is 19.9. The van der Waals surface area contributed by atoms with Gasteiger partial charge < -0.3 is 10.2 Å². The lowest BCUT2D eigenvalue weighted by Crippen LogP contribution is -2.31. The number of nitrogens with one attached hydrogen (secondary N) is 1. The molecule has 0 radical (unpaired) electrons. The summed E-state index contributed by atoms with van der Waals surface area (Å²) in [7, 11) is 0. The molecule has 0 fully saturated rings. The van der Waals surface area contributed by atoms with Crippen LogP contribution in [0.2, 0.25) is 0 Å². The van der Waals surface area contributed by atoms with E-state index in [0.29, 0.717) is 37.0 Å². The van der Waals surface area contributed by atoms with Crippen LogP contribution in [0.5, 0.6) is 0 Å². The van der Waals surface area contributed by atoms with Crippen LogP contribution in [0.25, 0.3) is 0 Å². The molecule has 1 heterocycles. The number of aromatic nitrogens is 2. The molecule has 0 saturated carbocycles. The molecule has 0 bridgehead atoms. The maximum absolute atomic E-state index is 13.0. The first-order chi connectivity index (χ1) is 13.5. The molecule has 0 saturated heterocycles. The van der Waals surface area contributed by atoms with Gasteiger partial charge in [0.2, 0.25) is 0 Å². The van der Waals surface area contributed by atoms with E-state index in [1.54, 1.807) is 11.0 Å². The largest absolute Gasteiger partial charge is 0.366 e. The second kappa shape index (κ2) is 9.13. The van der Waals surface area contributed by atoms with Gasteiger partial charge >= 0.3 is 0 Å². The molecule has 0 spiro atoms. The van der Waals surface area contributed by atoms with E-state index in [9.17, 15) is 4.79 Å². The molecular weight excluding hydrogens is 348 g/mol. The smallest absolute Gasteiger partial charge is 0.272 e. The Bertz CT molecular complexity index is 940. The Hall–Kier alpha value is -3.21. The molecule has 5 nitrogen and oxygen atoms in total. The van der Waals surface area contributed by atoms with Crippen molar-refractivity contribution in [2.24, 2.45) is 0 Å². The molecule has 144 valence electrons. The van der Waals surface area contributed by atoms with Gasteiger partial charge in [-0.2, -0.15) is 0 Å². The molecule has 3 rings (SSSR count). The molecular formula is C23H26N4O. The van der Waals surface area contributed by atoms with E-state index in [1.807, 2.05) is 50.2 Å². The fraction of sp³-hybridized carbons (Fsp3) is 0.261. The first kappa shape index (κ1) is 19.5. The average molecular weight is 374 g/mol. The van der Waals surface area contributed by atoms with Gasteiger partial charge in [-0.3, -0.25) is 4.79 Å². The van der Waals surface area contributed by atoms with Gasteiger partial charge in [0.25, 0.3) is 5.91 Å². The van der Waals surface area contributed by atoms with Gasteiger partial charge in [-0.25, -0.2) is 9.97 Å². The Morgan fingerprint density at radius 2 is 1.71 bits per heavy atom. The lowest BCUT2D eigenvalue weighted by atomic mass is 10.1. The summed E-state index contributed by atoms with van der Waals surface area (Å²) >= 11 is 0. The molecule has 0 unspecified atom stereocenters. The van der Waals surface area contributed by atoms with Crippen LogP contribution in [0.15, 0.2) is 60.7 Å². The van der Waals surface area contributed by atoms with Crippen molar-refractivity contribution in [3.05, 3.63) is 88.9 Å². The number of aryl methyl sites for hydroxylation is 2. The van der Waals surface area contributed by atoms with Crippen LogP contribution in [0.4, 0.5) is 5.82 Å². The van der Waals surface area contributed by atoms with Crippen molar-refractivity contribution in [1.82, 2.24) is 14.9 Å². The van der Waals surface area contributed by atoms with Crippen molar-refractivity contribution in [3.63, 3.8) is 0 Å². The van der Waals surface area contributed by atoms with Crippen LogP contribution >= 0.6 is 0 Å². The van der Waals surface area contributed by atoms with E-state index < -0.39 is 0 Å². The summed E-state index contributed by atoms with van der Waals surface area (Å²) < 4.78 is 0. The number of rotatable bonds is 7. The highest BCUT2D eigenvalue weighted by atomic mass is 16.2.